The lowest BCUT2D eigenvalue weighted by atomic mass is 10.2. The van der Waals surface area contributed by atoms with Crippen molar-refractivity contribution in [1.82, 2.24) is 9.21 Å². The van der Waals surface area contributed by atoms with Crippen LogP contribution >= 0.6 is 0 Å². The summed E-state index contributed by atoms with van der Waals surface area (Å²) in [5.74, 6) is -0.259. The molecule has 112 valence electrons. The molecule has 0 aliphatic heterocycles. The average molecular weight is 299 g/mol. The van der Waals surface area contributed by atoms with E-state index in [1.807, 2.05) is 0 Å². The second-order valence-electron chi connectivity index (χ2n) is 4.57. The van der Waals surface area contributed by atoms with Crippen LogP contribution in [0.2, 0.25) is 0 Å². The van der Waals surface area contributed by atoms with Gasteiger partial charge in [-0.1, -0.05) is 19.1 Å². The van der Waals surface area contributed by atoms with E-state index in [2.05, 4.69) is 0 Å². The molecule has 0 bridgehead atoms. The molecule has 6 nitrogen and oxygen atoms in total. The van der Waals surface area contributed by atoms with Gasteiger partial charge in [-0.15, -0.1) is 0 Å². The van der Waals surface area contributed by atoms with Crippen LogP contribution in [0.25, 0.3) is 0 Å². The highest BCUT2D eigenvalue weighted by Crippen LogP contribution is 2.17. The molecule has 1 amide bonds. The van der Waals surface area contributed by atoms with Crippen LogP contribution in [0, 0.1) is 0 Å². The summed E-state index contributed by atoms with van der Waals surface area (Å²) in [5, 5.41) is 0. The molecule has 0 spiro atoms. The first-order valence-electron chi connectivity index (χ1n) is 6.32. The number of benzene rings is 1. The quantitative estimate of drug-likeness (QED) is 0.816. The van der Waals surface area contributed by atoms with Gasteiger partial charge in [0.2, 0.25) is 15.9 Å². The van der Waals surface area contributed by atoms with Gasteiger partial charge in [0.25, 0.3) is 0 Å². The van der Waals surface area contributed by atoms with Crippen LogP contribution in [0.15, 0.2) is 29.2 Å². The number of sulfonamides is 1. The summed E-state index contributed by atoms with van der Waals surface area (Å²) >= 11 is 0. The van der Waals surface area contributed by atoms with E-state index in [1.165, 1.54) is 17.0 Å². The molecular formula is C13H21N3O3S. The highest BCUT2D eigenvalue weighted by Gasteiger charge is 2.25. The van der Waals surface area contributed by atoms with Gasteiger partial charge in [0.05, 0.1) is 11.4 Å². The number of likely N-dealkylation sites (N-methyl/N-ethyl adjacent to an activating group) is 2. The fraction of sp³-hybridized carbons (Fsp3) is 0.462. The van der Waals surface area contributed by atoms with Crippen molar-refractivity contribution in [2.45, 2.75) is 18.4 Å². The van der Waals surface area contributed by atoms with E-state index in [9.17, 15) is 13.2 Å². The molecule has 0 aromatic heterocycles. The van der Waals surface area contributed by atoms with Crippen LogP contribution in [-0.2, 0) is 21.4 Å². The van der Waals surface area contributed by atoms with E-state index < -0.39 is 10.0 Å². The molecule has 0 fully saturated rings. The lowest BCUT2D eigenvalue weighted by molar-refractivity contribution is -0.128. The largest absolute Gasteiger partial charge is 0.348 e. The number of carbonyl (C=O) groups excluding carboxylic acids is 1. The third-order valence-electron chi connectivity index (χ3n) is 2.94. The summed E-state index contributed by atoms with van der Waals surface area (Å²) < 4.78 is 26.2. The molecule has 1 aromatic rings. The molecule has 0 aliphatic carbocycles. The third-order valence-corrected chi connectivity index (χ3v) is 4.85. The van der Waals surface area contributed by atoms with Gasteiger partial charge in [-0.25, -0.2) is 8.42 Å². The molecule has 0 radical (unpaired) electrons. The van der Waals surface area contributed by atoms with Crippen LogP contribution in [0.5, 0.6) is 0 Å². The molecule has 0 saturated carbocycles. The number of nitrogens with zero attached hydrogens (tertiary/aromatic N) is 2. The summed E-state index contributed by atoms with van der Waals surface area (Å²) in [5.41, 5.74) is 6.26. The predicted molar refractivity (Wildman–Crippen MR) is 77.5 cm³/mol. The molecule has 1 rings (SSSR count). The highest BCUT2D eigenvalue weighted by molar-refractivity contribution is 7.89. The van der Waals surface area contributed by atoms with Gasteiger partial charge in [0, 0.05) is 27.2 Å². The van der Waals surface area contributed by atoms with Gasteiger partial charge in [0.15, 0.2) is 0 Å². The number of hydrogen-bond acceptors (Lipinski definition) is 4. The maximum absolute atomic E-state index is 12.5. The van der Waals surface area contributed by atoms with Gasteiger partial charge >= 0.3 is 0 Å². The van der Waals surface area contributed by atoms with E-state index in [4.69, 9.17) is 5.73 Å². The van der Waals surface area contributed by atoms with Crippen LogP contribution in [-0.4, -0.2) is 50.7 Å². The number of hydrogen-bond donors (Lipinski definition) is 1. The van der Waals surface area contributed by atoms with Crippen molar-refractivity contribution in [3.63, 3.8) is 0 Å². The molecule has 7 heteroatoms. The van der Waals surface area contributed by atoms with Crippen molar-refractivity contribution in [2.75, 3.05) is 27.2 Å². The molecule has 2 N–H and O–H groups in total. The Hall–Kier alpha value is -1.44. The van der Waals surface area contributed by atoms with Crippen molar-refractivity contribution in [2.24, 2.45) is 5.73 Å². The second-order valence-corrected chi connectivity index (χ2v) is 6.51. The van der Waals surface area contributed by atoms with Gasteiger partial charge < -0.3 is 10.6 Å². The van der Waals surface area contributed by atoms with E-state index >= 15 is 0 Å². The number of nitrogens with two attached hydrogens (primary N) is 1. The summed E-state index contributed by atoms with van der Waals surface area (Å²) in [6.07, 6.45) is 0. The van der Waals surface area contributed by atoms with E-state index in [-0.39, 0.29) is 30.4 Å². The molecule has 0 atom stereocenters. The molecule has 0 heterocycles. The molecule has 20 heavy (non-hydrogen) atoms. The maximum Gasteiger partial charge on any atom is 0.243 e. The molecular weight excluding hydrogens is 278 g/mol. The van der Waals surface area contributed by atoms with Crippen molar-refractivity contribution in [3.8, 4) is 0 Å². The summed E-state index contributed by atoms with van der Waals surface area (Å²) in [6.45, 7) is 2.03. The molecule has 0 unspecified atom stereocenters. The maximum atomic E-state index is 12.5. The van der Waals surface area contributed by atoms with Crippen molar-refractivity contribution in [3.05, 3.63) is 29.8 Å². The Labute approximate surface area is 120 Å². The van der Waals surface area contributed by atoms with Gasteiger partial charge in [-0.3, -0.25) is 4.79 Å². The summed E-state index contributed by atoms with van der Waals surface area (Å²) in [7, 11) is -0.492. The van der Waals surface area contributed by atoms with Gasteiger partial charge in [-0.2, -0.15) is 4.31 Å². The first kappa shape index (κ1) is 16.6. The third kappa shape index (κ3) is 3.78. The Morgan fingerprint density at radius 1 is 1.30 bits per heavy atom. The van der Waals surface area contributed by atoms with Crippen LogP contribution in [0.4, 0.5) is 0 Å². The summed E-state index contributed by atoms with van der Waals surface area (Å²) in [4.78, 5) is 13.2. The minimum atomic E-state index is -3.68. The van der Waals surface area contributed by atoms with Crippen molar-refractivity contribution >= 4 is 15.9 Å². The lowest BCUT2D eigenvalue weighted by Crippen LogP contribution is -2.40. The van der Waals surface area contributed by atoms with E-state index in [0.29, 0.717) is 0 Å². The summed E-state index contributed by atoms with van der Waals surface area (Å²) in [6, 6.07) is 6.46. The van der Waals surface area contributed by atoms with Gasteiger partial charge in [0.1, 0.15) is 0 Å². The predicted octanol–water partition coefficient (Wildman–Crippen LogP) is 0.244. The fourth-order valence-electron chi connectivity index (χ4n) is 1.64. The molecule has 0 aliphatic rings. The Morgan fingerprint density at radius 2 is 1.95 bits per heavy atom. The molecule has 1 aromatic carbocycles. The van der Waals surface area contributed by atoms with Gasteiger partial charge in [-0.05, 0) is 17.7 Å². The minimum absolute atomic E-state index is 0.161. The number of amides is 1. The van der Waals surface area contributed by atoms with E-state index in [1.54, 1.807) is 33.2 Å². The number of carbonyl (C=O) groups is 1. The lowest BCUT2D eigenvalue weighted by Gasteiger charge is -2.22. The fourth-order valence-corrected chi connectivity index (χ4v) is 3.11. The Kier molecular flexibility index (Phi) is 5.67. The Morgan fingerprint density at radius 3 is 2.45 bits per heavy atom. The minimum Gasteiger partial charge on any atom is -0.348 e. The normalized spacial score (nSPS) is 11.7. The van der Waals surface area contributed by atoms with Crippen molar-refractivity contribution in [1.29, 1.82) is 0 Å². The van der Waals surface area contributed by atoms with Crippen LogP contribution < -0.4 is 5.73 Å². The highest BCUT2D eigenvalue weighted by atomic mass is 32.2. The first-order chi connectivity index (χ1) is 9.32. The average Bonchev–Trinajstić information content (AvgIpc) is 2.44. The number of rotatable bonds is 6. The standard InChI is InChI=1S/C13H21N3O3S/c1-4-16(10-13(17)15(2)3)20(18,19)12-7-5-6-11(8-12)9-14/h5-8H,4,9-10,14H2,1-3H3. The van der Waals surface area contributed by atoms with Crippen LogP contribution in [0.3, 0.4) is 0 Å². The van der Waals surface area contributed by atoms with Crippen LogP contribution in [0.1, 0.15) is 12.5 Å². The SMILES string of the molecule is CCN(CC(=O)N(C)C)S(=O)(=O)c1cccc(CN)c1. The molecule has 0 saturated heterocycles. The van der Waals surface area contributed by atoms with E-state index in [0.717, 1.165) is 9.87 Å². The zero-order valence-corrected chi connectivity index (χ0v) is 12.9. The van der Waals surface area contributed by atoms with Crippen molar-refractivity contribution < 1.29 is 13.2 Å². The first-order valence-corrected chi connectivity index (χ1v) is 7.76. The topological polar surface area (TPSA) is 83.7 Å². The smallest absolute Gasteiger partial charge is 0.243 e. The zero-order chi connectivity index (χ0) is 15.3. The zero-order valence-electron chi connectivity index (χ0n) is 12.0. The monoisotopic (exact) mass is 299 g/mol. The Bertz CT molecular complexity index is 570. The Balaban J connectivity index is 3.08. The second kappa shape index (κ2) is 6.83.